The summed E-state index contributed by atoms with van der Waals surface area (Å²) in [7, 11) is -0.209. The van der Waals surface area contributed by atoms with Gasteiger partial charge in [0.1, 0.15) is 0 Å². The van der Waals surface area contributed by atoms with Gasteiger partial charge in [-0.15, -0.1) is 0 Å². The summed E-state index contributed by atoms with van der Waals surface area (Å²) in [6, 6.07) is 7.85. The average Bonchev–Trinajstić information content (AvgIpc) is 3.28. The fourth-order valence-electron chi connectivity index (χ4n) is 2.50. The largest absolute Gasteiger partial charge is 0.313 e. The van der Waals surface area contributed by atoms with Crippen LogP contribution in [0, 0.1) is 5.92 Å². The molecular weight excluding hydrogens is 284 g/mol. The minimum Gasteiger partial charge on any atom is -0.313 e. The van der Waals surface area contributed by atoms with Crippen molar-refractivity contribution in [2.45, 2.75) is 43.5 Å². The van der Waals surface area contributed by atoms with E-state index in [9.17, 15) is 8.42 Å². The van der Waals surface area contributed by atoms with Gasteiger partial charge in [0.05, 0.1) is 4.90 Å². The van der Waals surface area contributed by atoms with Crippen molar-refractivity contribution >= 4 is 10.0 Å². The van der Waals surface area contributed by atoms with Crippen LogP contribution in [0.5, 0.6) is 0 Å². The Morgan fingerprint density at radius 2 is 1.86 bits per heavy atom. The first-order chi connectivity index (χ1) is 9.95. The molecule has 21 heavy (non-hydrogen) atoms. The number of sulfonamides is 1. The monoisotopic (exact) mass is 310 g/mol. The molecule has 0 aliphatic heterocycles. The van der Waals surface area contributed by atoms with Gasteiger partial charge in [0, 0.05) is 20.1 Å². The quantitative estimate of drug-likeness (QED) is 0.801. The molecule has 0 heterocycles. The second-order valence-corrected chi connectivity index (χ2v) is 8.19. The molecule has 0 radical (unpaired) electrons. The molecule has 1 atom stereocenters. The molecule has 1 aromatic rings. The van der Waals surface area contributed by atoms with E-state index in [4.69, 9.17) is 0 Å². The predicted octanol–water partition coefficient (Wildman–Crippen LogP) is 2.26. The molecule has 1 aromatic carbocycles. The lowest BCUT2D eigenvalue weighted by Crippen LogP contribution is -2.33. The van der Waals surface area contributed by atoms with Crippen LogP contribution in [0.25, 0.3) is 0 Å². The molecule has 118 valence electrons. The first-order valence-corrected chi connectivity index (χ1v) is 9.14. The molecule has 0 spiro atoms. The lowest BCUT2D eigenvalue weighted by atomic mass is 10.0. The lowest BCUT2D eigenvalue weighted by Gasteiger charge is -2.18. The van der Waals surface area contributed by atoms with Gasteiger partial charge in [-0.05, 0) is 55.8 Å². The highest BCUT2D eigenvalue weighted by Crippen LogP contribution is 2.34. The van der Waals surface area contributed by atoms with E-state index in [0.29, 0.717) is 10.9 Å². The van der Waals surface area contributed by atoms with Crippen LogP contribution in [-0.4, -0.2) is 39.4 Å². The minimum absolute atomic E-state index is 0.362. The molecule has 4 nitrogen and oxygen atoms in total. The van der Waals surface area contributed by atoms with E-state index in [1.165, 1.54) is 22.7 Å². The lowest BCUT2D eigenvalue weighted by molar-refractivity contribution is 0.460. The summed E-state index contributed by atoms with van der Waals surface area (Å²) in [5.74, 6) is 0.793. The van der Waals surface area contributed by atoms with Gasteiger partial charge in [-0.1, -0.05) is 19.1 Å². The van der Waals surface area contributed by atoms with E-state index >= 15 is 0 Å². The van der Waals surface area contributed by atoms with Crippen molar-refractivity contribution in [2.75, 3.05) is 20.6 Å². The zero-order chi connectivity index (χ0) is 15.5. The van der Waals surface area contributed by atoms with Crippen molar-refractivity contribution in [2.24, 2.45) is 5.92 Å². The third-order valence-electron chi connectivity index (χ3n) is 4.01. The molecule has 0 saturated heterocycles. The molecule has 1 unspecified atom stereocenters. The number of nitrogens with zero attached hydrogens (tertiary/aromatic N) is 1. The number of nitrogens with one attached hydrogen (secondary N) is 1. The fourth-order valence-corrected chi connectivity index (χ4v) is 3.40. The molecule has 1 N–H and O–H groups in total. The third kappa shape index (κ3) is 4.28. The molecule has 5 heteroatoms. The molecule has 0 amide bonds. The van der Waals surface area contributed by atoms with E-state index in [1.807, 2.05) is 12.1 Å². The summed E-state index contributed by atoms with van der Waals surface area (Å²) < 4.78 is 25.3. The third-order valence-corrected chi connectivity index (χ3v) is 5.83. The fraction of sp³-hybridized carbons (Fsp3) is 0.625. The van der Waals surface area contributed by atoms with E-state index in [-0.39, 0.29) is 0 Å². The molecule has 1 aliphatic carbocycles. The van der Waals surface area contributed by atoms with Crippen molar-refractivity contribution in [3.8, 4) is 0 Å². The first kappa shape index (κ1) is 16.5. The minimum atomic E-state index is -3.32. The topological polar surface area (TPSA) is 49.4 Å². The van der Waals surface area contributed by atoms with Gasteiger partial charge in [-0.25, -0.2) is 12.7 Å². The van der Waals surface area contributed by atoms with Crippen LogP contribution in [0.15, 0.2) is 29.2 Å². The van der Waals surface area contributed by atoms with E-state index in [0.717, 1.165) is 25.3 Å². The van der Waals surface area contributed by atoms with Crippen molar-refractivity contribution in [1.82, 2.24) is 9.62 Å². The maximum absolute atomic E-state index is 12.0. The molecule has 2 rings (SSSR count). The van der Waals surface area contributed by atoms with Crippen LogP contribution >= 0.6 is 0 Å². The SMILES string of the molecule is CCCNC(Cc1ccc(S(=O)(=O)N(C)C)cc1)C1CC1. The Morgan fingerprint density at radius 3 is 2.33 bits per heavy atom. The smallest absolute Gasteiger partial charge is 0.242 e. The average molecular weight is 310 g/mol. The second kappa shape index (κ2) is 6.90. The summed E-state index contributed by atoms with van der Waals surface area (Å²) in [5.41, 5.74) is 1.20. The normalized spacial score (nSPS) is 17.1. The van der Waals surface area contributed by atoms with Gasteiger partial charge in [0.15, 0.2) is 0 Å². The highest BCUT2D eigenvalue weighted by molar-refractivity contribution is 7.89. The summed E-state index contributed by atoms with van der Waals surface area (Å²) in [6.45, 7) is 3.23. The van der Waals surface area contributed by atoms with Crippen molar-refractivity contribution in [3.63, 3.8) is 0 Å². The Labute approximate surface area is 128 Å². The maximum atomic E-state index is 12.0. The predicted molar refractivity (Wildman–Crippen MR) is 85.8 cm³/mol. The molecule has 0 aromatic heterocycles. The second-order valence-electron chi connectivity index (χ2n) is 6.03. The van der Waals surface area contributed by atoms with Crippen LogP contribution in [-0.2, 0) is 16.4 Å². The highest BCUT2D eigenvalue weighted by Gasteiger charge is 2.30. The maximum Gasteiger partial charge on any atom is 0.242 e. The summed E-state index contributed by atoms with van der Waals surface area (Å²) in [5, 5.41) is 3.62. The molecule has 1 saturated carbocycles. The zero-order valence-corrected chi connectivity index (χ0v) is 14.0. The van der Waals surface area contributed by atoms with Gasteiger partial charge in [-0.3, -0.25) is 0 Å². The summed E-state index contributed by atoms with van der Waals surface area (Å²) >= 11 is 0. The Morgan fingerprint density at radius 1 is 1.24 bits per heavy atom. The zero-order valence-electron chi connectivity index (χ0n) is 13.2. The van der Waals surface area contributed by atoms with Crippen molar-refractivity contribution in [3.05, 3.63) is 29.8 Å². The van der Waals surface area contributed by atoms with Gasteiger partial charge in [0.2, 0.25) is 10.0 Å². The summed E-state index contributed by atoms with van der Waals surface area (Å²) in [4.78, 5) is 0.362. The highest BCUT2D eigenvalue weighted by atomic mass is 32.2. The van der Waals surface area contributed by atoms with Crippen LogP contribution in [0.2, 0.25) is 0 Å². The van der Waals surface area contributed by atoms with Crippen LogP contribution in [0.1, 0.15) is 31.7 Å². The Hall–Kier alpha value is -0.910. The van der Waals surface area contributed by atoms with Crippen molar-refractivity contribution < 1.29 is 8.42 Å². The van der Waals surface area contributed by atoms with E-state index in [1.54, 1.807) is 26.2 Å². The number of rotatable bonds is 8. The van der Waals surface area contributed by atoms with Crippen LogP contribution < -0.4 is 5.32 Å². The standard InChI is InChI=1S/C16H26N2O2S/c1-4-11-17-16(14-7-8-14)12-13-5-9-15(10-6-13)21(19,20)18(2)3/h5-6,9-10,14,16-17H,4,7-8,11-12H2,1-3H3. The Balaban J connectivity index is 2.04. The molecular formula is C16H26N2O2S. The first-order valence-electron chi connectivity index (χ1n) is 7.70. The Bertz CT molecular complexity index is 548. The van der Waals surface area contributed by atoms with Crippen LogP contribution in [0.3, 0.4) is 0 Å². The van der Waals surface area contributed by atoms with Gasteiger partial charge < -0.3 is 5.32 Å². The summed E-state index contributed by atoms with van der Waals surface area (Å²) in [6.07, 6.45) is 4.75. The van der Waals surface area contributed by atoms with Gasteiger partial charge >= 0.3 is 0 Å². The van der Waals surface area contributed by atoms with Crippen LogP contribution in [0.4, 0.5) is 0 Å². The number of hydrogen-bond acceptors (Lipinski definition) is 3. The Kier molecular flexibility index (Phi) is 5.41. The number of benzene rings is 1. The van der Waals surface area contributed by atoms with Gasteiger partial charge in [-0.2, -0.15) is 0 Å². The molecule has 0 bridgehead atoms. The van der Waals surface area contributed by atoms with Crippen molar-refractivity contribution in [1.29, 1.82) is 0 Å². The van der Waals surface area contributed by atoms with E-state index < -0.39 is 10.0 Å². The van der Waals surface area contributed by atoms with Gasteiger partial charge in [0.25, 0.3) is 0 Å². The molecule has 1 aliphatic rings. The number of hydrogen-bond donors (Lipinski definition) is 1. The molecule has 1 fully saturated rings. The van der Waals surface area contributed by atoms with E-state index in [2.05, 4.69) is 12.2 Å².